The quantitative estimate of drug-likeness (QED) is 0.168. The van der Waals surface area contributed by atoms with Crippen LogP contribution in [0, 0.1) is 5.92 Å². The number of unbranched alkanes of at least 4 members (excludes halogenated alkanes) is 15. The maximum absolute atomic E-state index is 12.1. The Labute approximate surface area is 169 Å². The first-order valence-electron chi connectivity index (χ1n) is 11.9. The Hall–Kier alpha value is -0.700. The lowest BCUT2D eigenvalue weighted by molar-refractivity contribution is -0.121. The fourth-order valence-electron chi connectivity index (χ4n) is 3.62. The second-order valence-electron chi connectivity index (χ2n) is 8.12. The second kappa shape index (κ2) is 21.6. The van der Waals surface area contributed by atoms with E-state index in [1.807, 2.05) is 6.29 Å². The molecule has 0 amide bonds. The third kappa shape index (κ3) is 18.4. The molecule has 0 aromatic heterocycles. The van der Waals surface area contributed by atoms with Crippen LogP contribution in [-0.2, 0) is 9.59 Å². The zero-order valence-corrected chi connectivity index (χ0v) is 18.1. The van der Waals surface area contributed by atoms with E-state index in [2.05, 4.69) is 6.92 Å². The van der Waals surface area contributed by atoms with Crippen molar-refractivity contribution in [2.24, 2.45) is 11.7 Å². The minimum Gasteiger partial charge on any atom is -0.330 e. The van der Waals surface area contributed by atoms with Crippen molar-refractivity contribution in [3.8, 4) is 0 Å². The molecule has 0 spiro atoms. The molecule has 0 saturated carbocycles. The van der Waals surface area contributed by atoms with E-state index in [0.717, 1.165) is 45.1 Å². The molecule has 0 fully saturated rings. The largest absolute Gasteiger partial charge is 0.330 e. The summed E-state index contributed by atoms with van der Waals surface area (Å²) in [4.78, 5) is 23.1. The van der Waals surface area contributed by atoms with E-state index in [1.165, 1.54) is 70.6 Å². The molecule has 3 heteroatoms. The maximum Gasteiger partial charge on any atom is 0.209 e. The van der Waals surface area contributed by atoms with Crippen LogP contribution in [0.5, 0.6) is 0 Å². The number of nitrogens with two attached hydrogens (primary N) is 1. The van der Waals surface area contributed by atoms with Gasteiger partial charge in [0.25, 0.3) is 0 Å². The number of Topliss-reactive ketones (excluding diaryl/α,β-unsaturated/α-hetero) is 1. The molecule has 3 nitrogen and oxygen atoms in total. The van der Waals surface area contributed by atoms with Crippen molar-refractivity contribution in [2.45, 2.75) is 129 Å². The van der Waals surface area contributed by atoms with Crippen molar-refractivity contribution in [1.82, 2.24) is 0 Å². The van der Waals surface area contributed by atoms with Gasteiger partial charge in [0.2, 0.25) is 6.29 Å². The normalized spacial score (nSPS) is 12.2. The molecule has 159 valence electrons. The summed E-state index contributed by atoms with van der Waals surface area (Å²) in [6, 6.07) is 0. The van der Waals surface area contributed by atoms with Gasteiger partial charge in [0.1, 0.15) is 5.78 Å². The lowest BCUT2D eigenvalue weighted by Gasteiger charge is -2.08. The van der Waals surface area contributed by atoms with Gasteiger partial charge in [-0.05, 0) is 25.8 Å². The number of rotatable bonds is 22. The predicted molar refractivity (Wildman–Crippen MR) is 117 cm³/mol. The molecule has 1 unspecified atom stereocenters. The Morgan fingerprint density at radius 3 is 1.63 bits per heavy atom. The summed E-state index contributed by atoms with van der Waals surface area (Å²) in [6.07, 6.45) is 24.3. The van der Waals surface area contributed by atoms with Gasteiger partial charge in [0, 0.05) is 6.42 Å². The molecule has 0 heterocycles. The van der Waals surface area contributed by atoms with Crippen LogP contribution in [0.4, 0.5) is 0 Å². The van der Waals surface area contributed by atoms with E-state index >= 15 is 0 Å². The lowest BCUT2D eigenvalue weighted by Crippen LogP contribution is -2.15. The van der Waals surface area contributed by atoms with Crippen LogP contribution in [0.15, 0.2) is 0 Å². The Kier molecular flexibility index (Phi) is 21.0. The molecule has 0 aromatic rings. The summed E-state index contributed by atoms with van der Waals surface area (Å²) < 4.78 is 0. The van der Waals surface area contributed by atoms with Gasteiger partial charge in [-0.1, -0.05) is 103 Å². The standard InChI is InChI=1S/C24H46NO2/c1-2-3-4-5-6-7-8-9-10-11-12-13-17-20-24(27)23(22-26)19-16-14-15-18-21-25/h23H,2-21,25H2,1H3. The van der Waals surface area contributed by atoms with Gasteiger partial charge in [-0.2, -0.15) is 0 Å². The van der Waals surface area contributed by atoms with E-state index in [0.29, 0.717) is 12.8 Å². The number of ketones is 1. The topological polar surface area (TPSA) is 60.2 Å². The Morgan fingerprint density at radius 1 is 0.704 bits per heavy atom. The zero-order chi connectivity index (χ0) is 20.0. The van der Waals surface area contributed by atoms with E-state index in [1.54, 1.807) is 0 Å². The molecule has 1 radical (unpaired) electrons. The third-order valence-corrected chi connectivity index (χ3v) is 5.50. The van der Waals surface area contributed by atoms with Gasteiger partial charge in [-0.15, -0.1) is 0 Å². The molecular formula is C24H46NO2. The second-order valence-corrected chi connectivity index (χ2v) is 8.12. The molecular weight excluding hydrogens is 334 g/mol. The first-order chi connectivity index (χ1) is 13.3. The van der Waals surface area contributed by atoms with Crippen molar-refractivity contribution < 1.29 is 9.59 Å². The molecule has 0 aromatic carbocycles. The van der Waals surface area contributed by atoms with Gasteiger partial charge < -0.3 is 5.73 Å². The fourth-order valence-corrected chi connectivity index (χ4v) is 3.62. The predicted octanol–water partition coefficient (Wildman–Crippen LogP) is 6.67. The van der Waals surface area contributed by atoms with Gasteiger partial charge in [-0.25, -0.2) is 0 Å². The summed E-state index contributed by atoms with van der Waals surface area (Å²) in [5.41, 5.74) is 5.47. The number of carbonyl (C=O) groups excluding carboxylic acids is 2. The average molecular weight is 381 g/mol. The molecule has 0 bridgehead atoms. The third-order valence-electron chi connectivity index (χ3n) is 5.50. The van der Waals surface area contributed by atoms with Crippen molar-refractivity contribution in [2.75, 3.05) is 6.54 Å². The number of hydrogen-bond acceptors (Lipinski definition) is 3. The first kappa shape index (κ1) is 26.3. The molecule has 0 aliphatic heterocycles. The molecule has 1 atom stereocenters. The van der Waals surface area contributed by atoms with Crippen LogP contribution in [0.1, 0.15) is 129 Å². The SMILES string of the molecule is CCCCCCCCCCCCCCCC(=O)C([C]=O)CCCCCCN. The zero-order valence-electron chi connectivity index (χ0n) is 18.1. The van der Waals surface area contributed by atoms with Crippen molar-refractivity contribution in [3.63, 3.8) is 0 Å². The highest BCUT2D eigenvalue weighted by Crippen LogP contribution is 2.16. The molecule has 0 saturated heterocycles. The summed E-state index contributed by atoms with van der Waals surface area (Å²) in [7, 11) is 0. The van der Waals surface area contributed by atoms with E-state index in [-0.39, 0.29) is 5.78 Å². The number of hydrogen-bond donors (Lipinski definition) is 1. The van der Waals surface area contributed by atoms with Gasteiger partial charge in [0.15, 0.2) is 0 Å². The van der Waals surface area contributed by atoms with Gasteiger partial charge in [-0.3, -0.25) is 9.59 Å². The van der Waals surface area contributed by atoms with Crippen LogP contribution in [-0.4, -0.2) is 18.6 Å². The monoisotopic (exact) mass is 380 g/mol. The summed E-state index contributed by atoms with van der Waals surface area (Å²) >= 11 is 0. The highest BCUT2D eigenvalue weighted by atomic mass is 16.1. The molecule has 27 heavy (non-hydrogen) atoms. The Bertz CT molecular complexity index is 330. The molecule has 0 aliphatic carbocycles. The molecule has 0 aliphatic rings. The summed E-state index contributed by atoms with van der Waals surface area (Å²) in [6.45, 7) is 2.99. The van der Waals surface area contributed by atoms with Crippen LogP contribution < -0.4 is 5.73 Å². The lowest BCUT2D eigenvalue weighted by atomic mass is 9.94. The highest BCUT2D eigenvalue weighted by molar-refractivity contribution is 5.93. The fraction of sp³-hybridized carbons (Fsp3) is 0.917. The minimum atomic E-state index is -0.486. The first-order valence-corrected chi connectivity index (χ1v) is 11.9. The summed E-state index contributed by atoms with van der Waals surface area (Å²) in [5.74, 6) is -0.382. The van der Waals surface area contributed by atoms with E-state index < -0.39 is 5.92 Å². The smallest absolute Gasteiger partial charge is 0.209 e. The molecule has 0 rings (SSSR count). The van der Waals surface area contributed by atoms with Crippen LogP contribution in [0.25, 0.3) is 0 Å². The number of carbonyl (C=O) groups is 1. The van der Waals surface area contributed by atoms with Crippen LogP contribution in [0.3, 0.4) is 0 Å². The maximum atomic E-state index is 12.1. The average Bonchev–Trinajstić information content (AvgIpc) is 2.68. The van der Waals surface area contributed by atoms with Crippen LogP contribution >= 0.6 is 0 Å². The molecule has 2 N–H and O–H groups in total. The minimum absolute atomic E-state index is 0.104. The Morgan fingerprint density at radius 2 is 1.15 bits per heavy atom. The van der Waals surface area contributed by atoms with Crippen molar-refractivity contribution >= 4 is 12.1 Å². The summed E-state index contributed by atoms with van der Waals surface area (Å²) in [5, 5.41) is 0. The van der Waals surface area contributed by atoms with Gasteiger partial charge >= 0.3 is 0 Å². The van der Waals surface area contributed by atoms with Crippen molar-refractivity contribution in [1.29, 1.82) is 0 Å². The van der Waals surface area contributed by atoms with Crippen molar-refractivity contribution in [3.05, 3.63) is 0 Å². The highest BCUT2D eigenvalue weighted by Gasteiger charge is 2.17. The van der Waals surface area contributed by atoms with Gasteiger partial charge in [0.05, 0.1) is 5.92 Å². The van der Waals surface area contributed by atoms with Crippen LogP contribution in [0.2, 0.25) is 0 Å². The van der Waals surface area contributed by atoms with E-state index in [9.17, 15) is 9.59 Å². The Balaban J connectivity index is 3.41. The van der Waals surface area contributed by atoms with E-state index in [4.69, 9.17) is 5.73 Å².